The van der Waals surface area contributed by atoms with Crippen molar-refractivity contribution in [1.82, 2.24) is 20.2 Å². The van der Waals surface area contributed by atoms with Crippen molar-refractivity contribution in [1.29, 1.82) is 0 Å². The zero-order valence-electron chi connectivity index (χ0n) is 10.6. The summed E-state index contributed by atoms with van der Waals surface area (Å²) in [5.74, 6) is 0.615. The van der Waals surface area contributed by atoms with Crippen molar-refractivity contribution < 1.29 is 0 Å². The summed E-state index contributed by atoms with van der Waals surface area (Å²) in [5.41, 5.74) is 1.04. The van der Waals surface area contributed by atoms with Crippen molar-refractivity contribution in [3.05, 3.63) is 24.3 Å². The van der Waals surface area contributed by atoms with E-state index in [9.17, 15) is 0 Å². The summed E-state index contributed by atoms with van der Waals surface area (Å²) in [5, 5.41) is 3.53. The number of aromatic nitrogens is 2. The molecule has 0 fully saturated rings. The Morgan fingerprint density at radius 1 is 1.38 bits per heavy atom. The number of nitrogens with one attached hydrogen (secondary N) is 1. The molecule has 1 N–H and O–H groups in total. The highest BCUT2D eigenvalue weighted by Gasteiger charge is 2.13. The number of hydrogen-bond acceptors (Lipinski definition) is 4. The van der Waals surface area contributed by atoms with Crippen LogP contribution in [0.25, 0.3) is 0 Å². The first-order chi connectivity index (χ1) is 7.59. The Morgan fingerprint density at radius 3 is 2.62 bits per heavy atom. The molecule has 0 aromatic carbocycles. The molecule has 0 radical (unpaired) electrons. The fraction of sp³-hybridized carbons (Fsp3) is 0.667. The predicted octanol–water partition coefficient (Wildman–Crippen LogP) is 1.15. The van der Waals surface area contributed by atoms with Crippen molar-refractivity contribution in [2.75, 3.05) is 20.6 Å². The van der Waals surface area contributed by atoms with Crippen LogP contribution in [0, 0.1) is 5.92 Å². The Kier molecular flexibility index (Phi) is 5.35. The molecule has 0 aliphatic heterocycles. The van der Waals surface area contributed by atoms with Gasteiger partial charge in [0.15, 0.2) is 0 Å². The van der Waals surface area contributed by atoms with E-state index in [1.807, 2.05) is 6.07 Å². The highest BCUT2D eigenvalue weighted by molar-refractivity contribution is 4.97. The second kappa shape index (κ2) is 6.55. The fourth-order valence-corrected chi connectivity index (χ4v) is 1.56. The van der Waals surface area contributed by atoms with Crippen molar-refractivity contribution in [3.8, 4) is 0 Å². The molecule has 1 unspecified atom stereocenters. The van der Waals surface area contributed by atoms with Gasteiger partial charge in [0.1, 0.15) is 6.33 Å². The lowest BCUT2D eigenvalue weighted by atomic mass is 10.0. The number of likely N-dealkylation sites (N-methyl/N-ethyl adjacent to an activating group) is 1. The second-order valence-corrected chi connectivity index (χ2v) is 4.69. The molecule has 4 heteroatoms. The van der Waals surface area contributed by atoms with Gasteiger partial charge in [0, 0.05) is 25.3 Å². The summed E-state index contributed by atoms with van der Waals surface area (Å²) in [6.45, 7) is 6.32. The molecule has 0 spiro atoms. The molecule has 1 aromatic heterocycles. The van der Waals surface area contributed by atoms with E-state index in [0.29, 0.717) is 12.0 Å². The van der Waals surface area contributed by atoms with Gasteiger partial charge in [0.05, 0.1) is 5.69 Å². The molecule has 0 bridgehead atoms. The van der Waals surface area contributed by atoms with Crippen LogP contribution in [0.15, 0.2) is 18.6 Å². The highest BCUT2D eigenvalue weighted by Crippen LogP contribution is 2.03. The molecule has 0 aliphatic carbocycles. The Bertz CT molecular complexity index is 284. The normalized spacial score (nSPS) is 13.4. The maximum absolute atomic E-state index is 4.20. The minimum absolute atomic E-state index is 0.491. The second-order valence-electron chi connectivity index (χ2n) is 4.69. The Labute approximate surface area is 98.1 Å². The lowest BCUT2D eigenvalue weighted by molar-refractivity contribution is 0.287. The number of nitrogens with zero attached hydrogens (tertiary/aromatic N) is 3. The molecular weight excluding hydrogens is 200 g/mol. The zero-order chi connectivity index (χ0) is 12.0. The predicted molar refractivity (Wildman–Crippen MR) is 66.1 cm³/mol. The summed E-state index contributed by atoms with van der Waals surface area (Å²) in [7, 11) is 4.20. The highest BCUT2D eigenvalue weighted by atomic mass is 15.1. The molecule has 1 rings (SSSR count). The van der Waals surface area contributed by atoms with E-state index in [4.69, 9.17) is 0 Å². The van der Waals surface area contributed by atoms with Gasteiger partial charge in [-0.15, -0.1) is 0 Å². The first-order valence-electron chi connectivity index (χ1n) is 5.72. The maximum atomic E-state index is 4.20. The van der Waals surface area contributed by atoms with E-state index in [2.05, 4.69) is 48.1 Å². The van der Waals surface area contributed by atoms with Crippen LogP contribution < -0.4 is 5.32 Å². The van der Waals surface area contributed by atoms with Gasteiger partial charge >= 0.3 is 0 Å². The molecule has 1 aromatic rings. The van der Waals surface area contributed by atoms with Crippen LogP contribution in [0.3, 0.4) is 0 Å². The molecule has 1 atom stereocenters. The smallest absolute Gasteiger partial charge is 0.115 e. The third kappa shape index (κ3) is 4.68. The topological polar surface area (TPSA) is 41.0 Å². The first-order valence-corrected chi connectivity index (χ1v) is 5.72. The van der Waals surface area contributed by atoms with Crippen LogP contribution in [0.2, 0.25) is 0 Å². The molecule has 90 valence electrons. The van der Waals surface area contributed by atoms with Gasteiger partial charge in [-0.3, -0.25) is 0 Å². The van der Waals surface area contributed by atoms with E-state index in [-0.39, 0.29) is 0 Å². The van der Waals surface area contributed by atoms with Crippen molar-refractivity contribution in [2.24, 2.45) is 5.92 Å². The largest absolute Gasteiger partial charge is 0.308 e. The number of hydrogen-bond donors (Lipinski definition) is 1. The van der Waals surface area contributed by atoms with Gasteiger partial charge in [-0.05, 0) is 26.1 Å². The van der Waals surface area contributed by atoms with Crippen LogP contribution in [0.1, 0.15) is 19.5 Å². The molecule has 0 aliphatic rings. The summed E-state index contributed by atoms with van der Waals surface area (Å²) < 4.78 is 0. The van der Waals surface area contributed by atoms with Crippen LogP contribution in [0.4, 0.5) is 0 Å². The minimum atomic E-state index is 0.491. The van der Waals surface area contributed by atoms with Crippen LogP contribution in [-0.4, -0.2) is 41.5 Å². The summed E-state index contributed by atoms with van der Waals surface area (Å²) >= 11 is 0. The van der Waals surface area contributed by atoms with Crippen LogP contribution >= 0.6 is 0 Å². The van der Waals surface area contributed by atoms with Gasteiger partial charge in [0.2, 0.25) is 0 Å². The van der Waals surface area contributed by atoms with E-state index in [1.54, 1.807) is 12.5 Å². The van der Waals surface area contributed by atoms with Crippen LogP contribution in [0.5, 0.6) is 0 Å². The summed E-state index contributed by atoms with van der Waals surface area (Å²) in [6.07, 6.45) is 3.37. The standard InChI is InChI=1S/C12H22N4/c1-10(2)12(8-16(3)4)14-7-11-5-6-13-9-15-11/h5-6,9-10,12,14H,7-8H2,1-4H3. The summed E-state index contributed by atoms with van der Waals surface area (Å²) in [6, 6.07) is 2.44. The molecule has 1 heterocycles. The van der Waals surface area contributed by atoms with Crippen molar-refractivity contribution in [3.63, 3.8) is 0 Å². The molecule has 4 nitrogen and oxygen atoms in total. The lowest BCUT2D eigenvalue weighted by Gasteiger charge is -2.25. The van der Waals surface area contributed by atoms with Crippen molar-refractivity contribution in [2.45, 2.75) is 26.4 Å². The zero-order valence-corrected chi connectivity index (χ0v) is 10.6. The van der Waals surface area contributed by atoms with Gasteiger partial charge in [0.25, 0.3) is 0 Å². The quantitative estimate of drug-likeness (QED) is 0.784. The Hall–Kier alpha value is -1.00. The first kappa shape index (κ1) is 13.1. The maximum Gasteiger partial charge on any atom is 0.115 e. The van der Waals surface area contributed by atoms with E-state index < -0.39 is 0 Å². The van der Waals surface area contributed by atoms with Crippen LogP contribution in [-0.2, 0) is 6.54 Å². The Balaban J connectivity index is 2.44. The molecule has 16 heavy (non-hydrogen) atoms. The van der Waals surface area contributed by atoms with Gasteiger partial charge in [-0.1, -0.05) is 13.8 Å². The molecular formula is C12H22N4. The molecule has 0 amide bonds. The minimum Gasteiger partial charge on any atom is -0.308 e. The van der Waals surface area contributed by atoms with E-state index in [1.165, 1.54) is 0 Å². The number of rotatable bonds is 6. The third-order valence-corrected chi connectivity index (χ3v) is 2.56. The fourth-order valence-electron chi connectivity index (χ4n) is 1.56. The van der Waals surface area contributed by atoms with E-state index >= 15 is 0 Å². The molecule has 0 saturated heterocycles. The molecule has 0 saturated carbocycles. The monoisotopic (exact) mass is 222 g/mol. The van der Waals surface area contributed by atoms with E-state index in [0.717, 1.165) is 18.8 Å². The van der Waals surface area contributed by atoms with Gasteiger partial charge in [-0.2, -0.15) is 0 Å². The Morgan fingerprint density at radius 2 is 2.12 bits per heavy atom. The average Bonchev–Trinajstić information content (AvgIpc) is 2.25. The summed E-state index contributed by atoms with van der Waals surface area (Å²) in [4.78, 5) is 10.3. The van der Waals surface area contributed by atoms with Gasteiger partial charge in [-0.25, -0.2) is 9.97 Å². The van der Waals surface area contributed by atoms with Gasteiger partial charge < -0.3 is 10.2 Å². The third-order valence-electron chi connectivity index (χ3n) is 2.56. The SMILES string of the molecule is CC(C)C(CN(C)C)NCc1ccncn1. The average molecular weight is 222 g/mol. The lowest BCUT2D eigenvalue weighted by Crippen LogP contribution is -2.41. The van der Waals surface area contributed by atoms with Crippen molar-refractivity contribution >= 4 is 0 Å².